The topological polar surface area (TPSA) is 48.5 Å². The molecule has 1 aromatic carbocycles. The first-order valence-electron chi connectivity index (χ1n) is 8.99. The van der Waals surface area contributed by atoms with Crippen molar-refractivity contribution in [3.63, 3.8) is 0 Å². The summed E-state index contributed by atoms with van der Waals surface area (Å²) in [5, 5.41) is 3.29. The van der Waals surface area contributed by atoms with Gasteiger partial charge in [0.2, 0.25) is 0 Å². The number of carbonyl (C=O) groups is 1. The molecule has 1 unspecified atom stereocenters. The van der Waals surface area contributed by atoms with Crippen LogP contribution in [0.1, 0.15) is 24.2 Å². The van der Waals surface area contributed by atoms with Gasteiger partial charge in [-0.25, -0.2) is 9.37 Å². The van der Waals surface area contributed by atoms with Crippen molar-refractivity contribution < 1.29 is 9.18 Å². The van der Waals surface area contributed by atoms with Crippen molar-refractivity contribution in [1.29, 1.82) is 0 Å². The van der Waals surface area contributed by atoms with Crippen molar-refractivity contribution in [2.24, 2.45) is 0 Å². The SMILES string of the molecule is CC(=O)c1c(F)cccc1NC(C)CN1CCN(c2ccccn2)CC1. The van der Waals surface area contributed by atoms with Crippen LogP contribution in [-0.2, 0) is 0 Å². The third-order valence-corrected chi connectivity index (χ3v) is 4.65. The van der Waals surface area contributed by atoms with E-state index in [0.29, 0.717) is 5.69 Å². The van der Waals surface area contributed by atoms with Gasteiger partial charge in [-0.15, -0.1) is 0 Å². The third-order valence-electron chi connectivity index (χ3n) is 4.65. The van der Waals surface area contributed by atoms with Crippen molar-refractivity contribution in [3.05, 3.63) is 54.0 Å². The van der Waals surface area contributed by atoms with E-state index in [1.807, 2.05) is 24.4 Å². The Kier molecular flexibility index (Phi) is 5.83. The van der Waals surface area contributed by atoms with Crippen molar-refractivity contribution >= 4 is 17.3 Å². The minimum Gasteiger partial charge on any atom is -0.381 e. The number of carbonyl (C=O) groups excluding carboxylic acids is 1. The van der Waals surface area contributed by atoms with Gasteiger partial charge in [0.25, 0.3) is 0 Å². The highest BCUT2D eigenvalue weighted by molar-refractivity contribution is 5.99. The number of aromatic nitrogens is 1. The molecule has 1 aromatic heterocycles. The van der Waals surface area contributed by atoms with Crippen LogP contribution in [0.5, 0.6) is 0 Å². The van der Waals surface area contributed by atoms with Crippen LogP contribution in [-0.4, -0.2) is 54.4 Å². The summed E-state index contributed by atoms with van der Waals surface area (Å²) in [6.07, 6.45) is 1.82. The number of nitrogens with zero attached hydrogens (tertiary/aromatic N) is 3. The summed E-state index contributed by atoms with van der Waals surface area (Å²) in [6, 6.07) is 10.8. The molecule has 0 spiro atoms. The molecule has 138 valence electrons. The smallest absolute Gasteiger partial charge is 0.164 e. The lowest BCUT2D eigenvalue weighted by Gasteiger charge is -2.36. The lowest BCUT2D eigenvalue weighted by molar-refractivity contribution is 0.101. The summed E-state index contributed by atoms with van der Waals surface area (Å²) in [7, 11) is 0. The van der Waals surface area contributed by atoms with E-state index < -0.39 is 5.82 Å². The maximum Gasteiger partial charge on any atom is 0.164 e. The molecule has 26 heavy (non-hydrogen) atoms. The van der Waals surface area contributed by atoms with Gasteiger partial charge in [0, 0.05) is 50.6 Å². The Morgan fingerprint density at radius 2 is 1.96 bits per heavy atom. The number of anilines is 2. The summed E-state index contributed by atoms with van der Waals surface area (Å²) in [6.45, 7) is 8.05. The molecule has 1 saturated heterocycles. The number of nitrogens with one attached hydrogen (secondary N) is 1. The van der Waals surface area contributed by atoms with Crippen LogP contribution in [0.3, 0.4) is 0 Å². The molecule has 1 fully saturated rings. The van der Waals surface area contributed by atoms with Gasteiger partial charge < -0.3 is 10.2 Å². The first-order valence-corrected chi connectivity index (χ1v) is 8.99. The maximum atomic E-state index is 13.9. The van der Waals surface area contributed by atoms with E-state index in [9.17, 15) is 9.18 Å². The highest BCUT2D eigenvalue weighted by Crippen LogP contribution is 2.21. The molecule has 0 saturated carbocycles. The molecule has 3 rings (SSSR count). The fourth-order valence-corrected chi connectivity index (χ4v) is 3.40. The summed E-state index contributed by atoms with van der Waals surface area (Å²) >= 11 is 0. The first-order chi connectivity index (χ1) is 12.5. The normalized spacial score (nSPS) is 16.3. The zero-order valence-electron chi connectivity index (χ0n) is 15.3. The molecule has 1 atom stereocenters. The number of pyridine rings is 1. The highest BCUT2D eigenvalue weighted by atomic mass is 19.1. The number of rotatable bonds is 6. The number of hydrogen-bond donors (Lipinski definition) is 1. The lowest BCUT2D eigenvalue weighted by Crippen LogP contribution is -2.49. The predicted octanol–water partition coefficient (Wildman–Crippen LogP) is 3.05. The number of hydrogen-bond acceptors (Lipinski definition) is 5. The van der Waals surface area contributed by atoms with Gasteiger partial charge in [-0.2, -0.15) is 0 Å². The Morgan fingerprint density at radius 3 is 2.62 bits per heavy atom. The van der Waals surface area contributed by atoms with Gasteiger partial charge in [-0.1, -0.05) is 12.1 Å². The maximum absolute atomic E-state index is 13.9. The number of ketones is 1. The van der Waals surface area contributed by atoms with Crippen LogP contribution in [0, 0.1) is 5.82 Å². The monoisotopic (exact) mass is 356 g/mol. The van der Waals surface area contributed by atoms with Crippen LogP contribution in [0.15, 0.2) is 42.6 Å². The molecule has 0 bridgehead atoms. The van der Waals surface area contributed by atoms with Gasteiger partial charge in [0.1, 0.15) is 11.6 Å². The van der Waals surface area contributed by atoms with Crippen LogP contribution in [0.4, 0.5) is 15.9 Å². The molecule has 0 aliphatic carbocycles. The quantitative estimate of drug-likeness (QED) is 0.806. The minimum atomic E-state index is -0.473. The van der Waals surface area contributed by atoms with E-state index in [-0.39, 0.29) is 17.4 Å². The number of benzene rings is 1. The zero-order valence-corrected chi connectivity index (χ0v) is 15.3. The van der Waals surface area contributed by atoms with E-state index in [1.165, 1.54) is 13.0 Å². The Labute approximate surface area is 153 Å². The second-order valence-electron chi connectivity index (χ2n) is 6.74. The van der Waals surface area contributed by atoms with Crippen molar-refractivity contribution in [1.82, 2.24) is 9.88 Å². The van der Waals surface area contributed by atoms with Crippen molar-refractivity contribution in [2.45, 2.75) is 19.9 Å². The summed E-state index contributed by atoms with van der Waals surface area (Å²) < 4.78 is 13.9. The van der Waals surface area contributed by atoms with Gasteiger partial charge in [-0.05, 0) is 38.1 Å². The standard InChI is InChI=1S/C20H25FN4O/c1-15(23-18-7-5-6-17(21)20(18)16(2)26)14-24-10-12-25(13-11-24)19-8-3-4-9-22-19/h3-9,15,23H,10-14H2,1-2H3. The lowest BCUT2D eigenvalue weighted by atomic mass is 10.1. The molecule has 0 radical (unpaired) electrons. The average molecular weight is 356 g/mol. The minimum absolute atomic E-state index is 0.108. The van der Waals surface area contributed by atoms with E-state index >= 15 is 0 Å². The molecule has 2 heterocycles. The summed E-state index contributed by atoms with van der Waals surface area (Å²) in [5.74, 6) is 0.282. The zero-order chi connectivity index (χ0) is 18.5. The van der Waals surface area contributed by atoms with E-state index in [1.54, 1.807) is 12.1 Å². The number of halogens is 1. The Balaban J connectivity index is 1.55. The Hall–Kier alpha value is -2.47. The molecule has 1 aliphatic rings. The van der Waals surface area contributed by atoms with Crippen molar-refractivity contribution in [2.75, 3.05) is 42.9 Å². The van der Waals surface area contributed by atoms with Gasteiger partial charge in [0.15, 0.2) is 5.78 Å². The predicted molar refractivity (Wildman–Crippen MR) is 102 cm³/mol. The van der Waals surface area contributed by atoms with E-state index in [0.717, 1.165) is 38.5 Å². The molecular formula is C20H25FN4O. The van der Waals surface area contributed by atoms with Crippen LogP contribution >= 0.6 is 0 Å². The van der Waals surface area contributed by atoms with Gasteiger partial charge in [0.05, 0.1) is 5.56 Å². The Morgan fingerprint density at radius 1 is 1.19 bits per heavy atom. The summed E-state index contributed by atoms with van der Waals surface area (Å²) in [4.78, 5) is 20.8. The van der Waals surface area contributed by atoms with Crippen LogP contribution in [0.2, 0.25) is 0 Å². The number of piperazine rings is 1. The molecule has 0 amide bonds. The van der Waals surface area contributed by atoms with Crippen LogP contribution in [0.25, 0.3) is 0 Å². The second kappa shape index (κ2) is 8.27. The molecule has 5 nitrogen and oxygen atoms in total. The highest BCUT2D eigenvalue weighted by Gasteiger charge is 2.20. The van der Waals surface area contributed by atoms with Gasteiger partial charge >= 0.3 is 0 Å². The number of Topliss-reactive ketones (excluding diaryl/α,β-unsaturated/α-hetero) is 1. The second-order valence-corrected chi connectivity index (χ2v) is 6.74. The largest absolute Gasteiger partial charge is 0.381 e. The van der Waals surface area contributed by atoms with E-state index in [2.05, 4.69) is 27.0 Å². The molecular weight excluding hydrogens is 331 g/mol. The molecule has 6 heteroatoms. The third kappa shape index (κ3) is 4.38. The molecule has 1 aliphatic heterocycles. The van der Waals surface area contributed by atoms with E-state index in [4.69, 9.17) is 0 Å². The molecule has 2 aromatic rings. The fourth-order valence-electron chi connectivity index (χ4n) is 3.40. The first kappa shape index (κ1) is 18.3. The van der Waals surface area contributed by atoms with Crippen molar-refractivity contribution in [3.8, 4) is 0 Å². The average Bonchev–Trinajstić information content (AvgIpc) is 2.63. The van der Waals surface area contributed by atoms with Crippen LogP contribution < -0.4 is 10.2 Å². The van der Waals surface area contributed by atoms with Gasteiger partial charge in [-0.3, -0.25) is 9.69 Å². The molecule has 1 N–H and O–H groups in total. The summed E-state index contributed by atoms with van der Waals surface area (Å²) in [5.41, 5.74) is 0.705. The fraction of sp³-hybridized carbons (Fsp3) is 0.400. The Bertz CT molecular complexity index is 745.